The number of aliphatic hydroxyl groups excluding tert-OH is 1. The van der Waals surface area contributed by atoms with Gasteiger partial charge in [0, 0.05) is 19.0 Å². The Hall–Kier alpha value is -2.09. The molecule has 10 heteroatoms. The summed E-state index contributed by atoms with van der Waals surface area (Å²) in [5, 5.41) is 9.41. The number of ether oxygens (including phenoxy) is 2. The highest BCUT2D eigenvalue weighted by atomic mass is 19.4. The molecule has 0 amide bonds. The Morgan fingerprint density at radius 1 is 1.41 bits per heavy atom. The molecule has 7 nitrogen and oxygen atoms in total. The van der Waals surface area contributed by atoms with Gasteiger partial charge in [-0.1, -0.05) is 19.8 Å². The molecular weight excluding hydrogens is 369 g/mol. The van der Waals surface area contributed by atoms with E-state index in [4.69, 9.17) is 9.47 Å². The zero-order chi connectivity index (χ0) is 20.2. The van der Waals surface area contributed by atoms with Crippen molar-refractivity contribution in [1.82, 2.24) is 9.55 Å². The predicted octanol–water partition coefficient (Wildman–Crippen LogP) is 1.27. The Labute approximate surface area is 153 Å². The van der Waals surface area contributed by atoms with Crippen LogP contribution in [0.5, 0.6) is 0 Å². The predicted molar refractivity (Wildman–Crippen MR) is 88.9 cm³/mol. The van der Waals surface area contributed by atoms with Crippen molar-refractivity contribution in [2.75, 3.05) is 13.2 Å². The number of halogens is 3. The van der Waals surface area contributed by atoms with Gasteiger partial charge in [0.2, 0.25) is 0 Å². The molecule has 1 aromatic rings. The first-order chi connectivity index (χ1) is 12.6. The fourth-order valence-corrected chi connectivity index (χ4v) is 2.59. The highest BCUT2D eigenvalue weighted by molar-refractivity contribution is 5.09. The van der Waals surface area contributed by atoms with Crippen molar-refractivity contribution >= 4 is 0 Å². The first-order valence-electron chi connectivity index (χ1n) is 8.39. The summed E-state index contributed by atoms with van der Waals surface area (Å²) >= 11 is 0. The van der Waals surface area contributed by atoms with E-state index in [9.17, 15) is 27.9 Å². The van der Waals surface area contributed by atoms with Gasteiger partial charge in [-0.2, -0.15) is 13.2 Å². The fourth-order valence-electron chi connectivity index (χ4n) is 2.59. The Kier molecular flexibility index (Phi) is 6.86. The molecular formula is C17H21F3N2O5. The van der Waals surface area contributed by atoms with Gasteiger partial charge in [0.05, 0.1) is 12.7 Å². The van der Waals surface area contributed by atoms with E-state index in [0.717, 1.165) is 0 Å². The second-order valence-corrected chi connectivity index (χ2v) is 6.56. The molecule has 150 valence electrons. The number of aliphatic hydroxyl groups is 1. The van der Waals surface area contributed by atoms with Crippen molar-refractivity contribution in [2.24, 2.45) is 5.92 Å². The third-order valence-electron chi connectivity index (χ3n) is 3.95. The molecule has 3 atom stereocenters. The van der Waals surface area contributed by atoms with Crippen molar-refractivity contribution in [3.8, 4) is 11.8 Å². The average molecular weight is 390 g/mol. The maximum atomic E-state index is 12.9. The summed E-state index contributed by atoms with van der Waals surface area (Å²) < 4.78 is 50.3. The van der Waals surface area contributed by atoms with Gasteiger partial charge in [-0.15, -0.1) is 5.92 Å². The number of nitrogens with one attached hydrogen (secondary N) is 1. The molecule has 1 aliphatic heterocycles. The summed E-state index contributed by atoms with van der Waals surface area (Å²) in [6.07, 6.45) is -6.35. The van der Waals surface area contributed by atoms with E-state index >= 15 is 0 Å². The smallest absolute Gasteiger partial charge is 0.394 e. The van der Waals surface area contributed by atoms with Gasteiger partial charge < -0.3 is 14.6 Å². The average Bonchev–Trinajstić information content (AvgIpc) is 2.96. The lowest BCUT2D eigenvalue weighted by Gasteiger charge is -2.16. The van der Waals surface area contributed by atoms with Crippen LogP contribution in [-0.2, 0) is 15.7 Å². The van der Waals surface area contributed by atoms with Gasteiger partial charge in [0.25, 0.3) is 5.56 Å². The number of aromatic amines is 1. The molecule has 0 saturated carbocycles. The third-order valence-corrected chi connectivity index (χ3v) is 3.95. The van der Waals surface area contributed by atoms with Crippen LogP contribution in [-0.4, -0.2) is 40.1 Å². The quantitative estimate of drug-likeness (QED) is 0.739. The number of H-pyrrole nitrogens is 1. The molecule has 1 aliphatic rings. The lowest BCUT2D eigenvalue weighted by Crippen LogP contribution is -2.36. The number of hydrogen-bond acceptors (Lipinski definition) is 5. The monoisotopic (exact) mass is 390 g/mol. The molecule has 1 aromatic heterocycles. The highest BCUT2D eigenvalue weighted by Gasteiger charge is 2.39. The summed E-state index contributed by atoms with van der Waals surface area (Å²) in [6, 6.07) is 0. The van der Waals surface area contributed by atoms with Crippen molar-refractivity contribution in [1.29, 1.82) is 0 Å². The standard InChI is InChI=1S/C17H21F3N2O5/c1-10(2)5-3-4-6-26-12-7-14(27-13(12)9-23)22-8-11(17(18,19)20)15(24)21-16(22)25/h8,10,12-14,23H,5-7,9H2,1-2H3,(H,21,24,25)/t12-,13+,14+/m0/s1. The summed E-state index contributed by atoms with van der Waals surface area (Å²) in [5.74, 6) is 6.16. The number of hydrogen-bond donors (Lipinski definition) is 2. The molecule has 0 radical (unpaired) electrons. The molecule has 2 rings (SSSR count). The van der Waals surface area contributed by atoms with E-state index in [1.54, 1.807) is 4.98 Å². The lowest BCUT2D eigenvalue weighted by molar-refractivity contribution is -0.139. The van der Waals surface area contributed by atoms with Gasteiger partial charge in [0.1, 0.15) is 24.5 Å². The molecule has 0 bridgehead atoms. The van der Waals surface area contributed by atoms with E-state index in [0.29, 0.717) is 23.1 Å². The van der Waals surface area contributed by atoms with Crippen molar-refractivity contribution in [3.05, 3.63) is 32.6 Å². The van der Waals surface area contributed by atoms with Crippen molar-refractivity contribution in [3.63, 3.8) is 0 Å². The minimum Gasteiger partial charge on any atom is -0.394 e. The van der Waals surface area contributed by atoms with Gasteiger partial charge in [-0.3, -0.25) is 14.3 Å². The minimum absolute atomic E-state index is 0.0281. The Morgan fingerprint density at radius 2 is 2.11 bits per heavy atom. The molecule has 2 N–H and O–H groups in total. The number of nitrogens with zero attached hydrogens (tertiary/aromatic N) is 1. The van der Waals surface area contributed by atoms with Crippen LogP contribution in [0.2, 0.25) is 0 Å². The maximum absolute atomic E-state index is 12.9. The van der Waals surface area contributed by atoms with E-state index < -0.39 is 48.0 Å². The van der Waals surface area contributed by atoms with Crippen LogP contribution in [0.1, 0.15) is 38.5 Å². The van der Waals surface area contributed by atoms with Crippen LogP contribution in [0.15, 0.2) is 15.8 Å². The molecule has 2 heterocycles. The van der Waals surface area contributed by atoms with Gasteiger partial charge in [-0.05, 0) is 5.92 Å². The van der Waals surface area contributed by atoms with Crippen LogP contribution >= 0.6 is 0 Å². The van der Waals surface area contributed by atoms with Crippen LogP contribution in [0.3, 0.4) is 0 Å². The number of rotatable bonds is 5. The summed E-state index contributed by atoms with van der Waals surface area (Å²) in [4.78, 5) is 24.9. The Morgan fingerprint density at radius 3 is 2.70 bits per heavy atom. The third kappa shape index (κ3) is 5.45. The van der Waals surface area contributed by atoms with Crippen LogP contribution in [0.4, 0.5) is 13.2 Å². The van der Waals surface area contributed by atoms with E-state index in [1.165, 1.54) is 0 Å². The fraction of sp³-hybridized carbons (Fsp3) is 0.647. The van der Waals surface area contributed by atoms with Gasteiger partial charge in [-0.25, -0.2) is 4.79 Å². The number of alkyl halides is 3. The van der Waals surface area contributed by atoms with Crippen molar-refractivity contribution < 1.29 is 27.8 Å². The second kappa shape index (κ2) is 8.73. The lowest BCUT2D eigenvalue weighted by atomic mass is 10.1. The Balaban J connectivity index is 2.15. The van der Waals surface area contributed by atoms with E-state index in [1.807, 2.05) is 13.8 Å². The topological polar surface area (TPSA) is 93.6 Å². The first kappa shape index (κ1) is 21.2. The van der Waals surface area contributed by atoms with E-state index in [2.05, 4.69) is 11.8 Å². The molecule has 1 saturated heterocycles. The normalized spacial score (nSPS) is 22.7. The summed E-state index contributed by atoms with van der Waals surface area (Å²) in [7, 11) is 0. The maximum Gasteiger partial charge on any atom is 0.423 e. The summed E-state index contributed by atoms with van der Waals surface area (Å²) in [6.45, 7) is 3.66. The number of aromatic nitrogens is 2. The van der Waals surface area contributed by atoms with Gasteiger partial charge >= 0.3 is 11.9 Å². The molecule has 0 aliphatic carbocycles. The van der Waals surface area contributed by atoms with Crippen LogP contribution in [0, 0.1) is 17.8 Å². The van der Waals surface area contributed by atoms with E-state index in [-0.39, 0.29) is 13.0 Å². The molecule has 27 heavy (non-hydrogen) atoms. The van der Waals surface area contributed by atoms with Crippen LogP contribution in [0.25, 0.3) is 0 Å². The molecule has 1 fully saturated rings. The Bertz CT molecular complexity index is 819. The molecule has 0 spiro atoms. The first-order valence-corrected chi connectivity index (χ1v) is 8.39. The molecule has 0 aromatic carbocycles. The largest absolute Gasteiger partial charge is 0.423 e. The zero-order valence-electron chi connectivity index (χ0n) is 14.9. The van der Waals surface area contributed by atoms with Crippen LogP contribution < -0.4 is 11.2 Å². The second-order valence-electron chi connectivity index (χ2n) is 6.56. The molecule has 0 unspecified atom stereocenters. The summed E-state index contributed by atoms with van der Waals surface area (Å²) in [5.41, 5.74) is -4.06. The minimum atomic E-state index is -4.92. The SMILES string of the molecule is CC(C)CC#CCO[C@H]1C[C@H](n2cc(C(F)(F)F)c(=O)[nH]c2=O)O[C@@H]1CO. The van der Waals surface area contributed by atoms with Gasteiger partial charge in [0.15, 0.2) is 0 Å². The highest BCUT2D eigenvalue weighted by Crippen LogP contribution is 2.31. The zero-order valence-corrected chi connectivity index (χ0v) is 14.9. The van der Waals surface area contributed by atoms with Crippen molar-refractivity contribution in [2.45, 2.75) is 51.3 Å².